The van der Waals surface area contributed by atoms with E-state index in [0.29, 0.717) is 16.8 Å². The summed E-state index contributed by atoms with van der Waals surface area (Å²) in [5.41, 5.74) is 0.549. The number of carbonyl (C=O) groups is 1. The van der Waals surface area contributed by atoms with Crippen molar-refractivity contribution >= 4 is 18.0 Å². The third kappa shape index (κ3) is 4.90. The van der Waals surface area contributed by atoms with E-state index in [1.54, 1.807) is 12.1 Å². The molecular weight excluding hydrogens is 451 g/mol. The van der Waals surface area contributed by atoms with E-state index in [9.17, 15) is 18.0 Å². The molecule has 1 aliphatic heterocycles. The fraction of sp³-hybridized carbons (Fsp3) is 0.364. The Labute approximate surface area is 193 Å². The van der Waals surface area contributed by atoms with Crippen LogP contribution in [0.4, 0.5) is 29.9 Å². The highest BCUT2D eigenvalue weighted by Gasteiger charge is 2.38. The number of cyclic esters (lactones) is 1. The molecule has 1 fully saturated rings. The quantitative estimate of drug-likeness (QED) is 0.558. The number of anilines is 2. The standard InChI is InChI=1S/C22H22F3N7O2/c1-12(2)17-10-34-21(33)32(17)20-29-11-28-19(31-20)30-13(3)16-5-4-15(9-27-16)14-6-7-26-18(8-14)22(23,24)25/h4-9,11-13,17H,10H2,1-3H3,(H,28,29,30,31)/t13-,17+/m0/s1. The minimum Gasteiger partial charge on any atom is -0.447 e. The number of pyridine rings is 2. The van der Waals surface area contributed by atoms with E-state index in [4.69, 9.17) is 4.74 Å². The lowest BCUT2D eigenvalue weighted by Gasteiger charge is -2.22. The van der Waals surface area contributed by atoms with E-state index < -0.39 is 18.0 Å². The van der Waals surface area contributed by atoms with Gasteiger partial charge < -0.3 is 10.1 Å². The summed E-state index contributed by atoms with van der Waals surface area (Å²) >= 11 is 0. The maximum absolute atomic E-state index is 12.9. The Bertz CT molecular complexity index is 1170. The van der Waals surface area contributed by atoms with E-state index in [1.165, 1.54) is 23.5 Å². The molecule has 4 rings (SSSR count). The highest BCUT2D eigenvalue weighted by Crippen LogP contribution is 2.31. The van der Waals surface area contributed by atoms with Gasteiger partial charge >= 0.3 is 12.3 Å². The molecule has 34 heavy (non-hydrogen) atoms. The van der Waals surface area contributed by atoms with Crippen LogP contribution in [0.1, 0.15) is 38.2 Å². The second-order valence-electron chi connectivity index (χ2n) is 8.13. The van der Waals surface area contributed by atoms with Gasteiger partial charge in [0.1, 0.15) is 18.6 Å². The number of rotatable bonds is 6. The summed E-state index contributed by atoms with van der Waals surface area (Å²) in [4.78, 5) is 33.9. The number of hydrogen-bond donors (Lipinski definition) is 1. The fourth-order valence-electron chi connectivity index (χ4n) is 3.49. The molecule has 12 heteroatoms. The molecule has 0 radical (unpaired) electrons. The fourth-order valence-corrected chi connectivity index (χ4v) is 3.49. The number of halogens is 3. The third-order valence-electron chi connectivity index (χ3n) is 5.41. The molecule has 3 aromatic rings. The zero-order chi connectivity index (χ0) is 24.5. The molecule has 3 aromatic heterocycles. The second kappa shape index (κ2) is 9.20. The number of nitrogens with zero attached hydrogens (tertiary/aromatic N) is 6. The molecule has 0 bridgehead atoms. The Morgan fingerprint density at radius 3 is 2.56 bits per heavy atom. The number of ether oxygens (including phenoxy) is 1. The van der Waals surface area contributed by atoms with Gasteiger partial charge in [-0.2, -0.15) is 18.2 Å². The predicted molar refractivity (Wildman–Crippen MR) is 117 cm³/mol. The minimum atomic E-state index is -4.52. The lowest BCUT2D eigenvalue weighted by atomic mass is 10.1. The van der Waals surface area contributed by atoms with Crippen LogP contribution in [0, 0.1) is 5.92 Å². The molecule has 2 atom stereocenters. The number of hydrogen-bond acceptors (Lipinski definition) is 8. The summed E-state index contributed by atoms with van der Waals surface area (Å²) in [6, 6.07) is 5.35. The highest BCUT2D eigenvalue weighted by atomic mass is 19.4. The Hall–Kier alpha value is -3.83. The first-order valence-corrected chi connectivity index (χ1v) is 10.5. The SMILES string of the molecule is CC(C)[C@H]1COC(=O)N1c1ncnc(N[C@@H](C)c2ccc(-c3ccnc(C(F)(F)F)c3)cn2)n1. The molecule has 9 nitrogen and oxygen atoms in total. The van der Waals surface area contributed by atoms with Crippen LogP contribution in [0.5, 0.6) is 0 Å². The van der Waals surface area contributed by atoms with E-state index in [0.717, 1.165) is 12.3 Å². The Morgan fingerprint density at radius 2 is 1.88 bits per heavy atom. The van der Waals surface area contributed by atoms with E-state index in [1.807, 2.05) is 20.8 Å². The molecule has 1 amide bonds. The molecule has 0 saturated carbocycles. The van der Waals surface area contributed by atoms with Crippen LogP contribution in [0.3, 0.4) is 0 Å². The molecule has 0 aliphatic carbocycles. The van der Waals surface area contributed by atoms with Gasteiger partial charge in [0, 0.05) is 18.0 Å². The van der Waals surface area contributed by atoms with Crippen molar-refractivity contribution in [2.75, 3.05) is 16.8 Å². The van der Waals surface area contributed by atoms with Gasteiger partial charge in [0.15, 0.2) is 0 Å². The van der Waals surface area contributed by atoms with Crippen LogP contribution in [0.2, 0.25) is 0 Å². The molecule has 4 heterocycles. The normalized spacial score (nSPS) is 17.1. The number of aromatic nitrogens is 5. The predicted octanol–water partition coefficient (Wildman–Crippen LogP) is 4.50. The molecule has 178 valence electrons. The average Bonchev–Trinajstić information content (AvgIpc) is 3.20. The Kier molecular flexibility index (Phi) is 6.31. The maximum atomic E-state index is 12.9. The first-order valence-electron chi connectivity index (χ1n) is 10.5. The summed E-state index contributed by atoms with van der Waals surface area (Å²) in [5, 5.41) is 3.11. The van der Waals surface area contributed by atoms with E-state index in [-0.39, 0.29) is 36.5 Å². The topological polar surface area (TPSA) is 106 Å². The van der Waals surface area contributed by atoms with E-state index in [2.05, 4.69) is 30.2 Å². The van der Waals surface area contributed by atoms with Crippen molar-refractivity contribution in [1.82, 2.24) is 24.9 Å². The average molecular weight is 473 g/mol. The van der Waals surface area contributed by atoms with Crippen LogP contribution in [0.25, 0.3) is 11.1 Å². The van der Waals surface area contributed by atoms with Crippen molar-refractivity contribution in [1.29, 1.82) is 0 Å². The minimum absolute atomic E-state index is 0.147. The van der Waals surface area contributed by atoms with Gasteiger partial charge in [-0.1, -0.05) is 19.9 Å². The zero-order valence-corrected chi connectivity index (χ0v) is 18.6. The Balaban J connectivity index is 1.49. The Morgan fingerprint density at radius 1 is 1.09 bits per heavy atom. The van der Waals surface area contributed by atoms with Gasteiger partial charge in [-0.25, -0.2) is 19.7 Å². The van der Waals surface area contributed by atoms with Crippen molar-refractivity contribution in [2.45, 2.75) is 39.0 Å². The van der Waals surface area contributed by atoms with E-state index >= 15 is 0 Å². The molecule has 0 unspecified atom stereocenters. The monoisotopic (exact) mass is 473 g/mol. The van der Waals surface area contributed by atoms with Crippen molar-refractivity contribution in [3.8, 4) is 11.1 Å². The van der Waals surface area contributed by atoms with Crippen LogP contribution in [0.15, 0.2) is 43.0 Å². The van der Waals surface area contributed by atoms with Gasteiger partial charge in [-0.05, 0) is 36.6 Å². The van der Waals surface area contributed by atoms with Gasteiger partial charge in [0.05, 0.1) is 17.8 Å². The van der Waals surface area contributed by atoms with Crippen molar-refractivity contribution in [3.05, 3.63) is 54.4 Å². The third-order valence-corrected chi connectivity index (χ3v) is 5.41. The number of amides is 1. The smallest absolute Gasteiger partial charge is 0.433 e. The summed E-state index contributed by atoms with van der Waals surface area (Å²) in [6.45, 7) is 6.06. The van der Waals surface area contributed by atoms with Gasteiger partial charge in [0.2, 0.25) is 11.9 Å². The number of alkyl halides is 3. The summed E-state index contributed by atoms with van der Waals surface area (Å²) in [5.74, 6) is 0.579. The zero-order valence-electron chi connectivity index (χ0n) is 18.6. The summed E-state index contributed by atoms with van der Waals surface area (Å²) < 4.78 is 44.0. The van der Waals surface area contributed by atoms with Gasteiger partial charge in [-0.15, -0.1) is 0 Å². The molecular formula is C22H22F3N7O2. The molecule has 0 aromatic carbocycles. The van der Waals surface area contributed by atoms with Crippen molar-refractivity contribution in [3.63, 3.8) is 0 Å². The first kappa shape index (κ1) is 23.3. The molecule has 1 N–H and O–H groups in total. The van der Waals surface area contributed by atoms with Gasteiger partial charge in [-0.3, -0.25) is 9.97 Å². The van der Waals surface area contributed by atoms with Crippen LogP contribution >= 0.6 is 0 Å². The summed E-state index contributed by atoms with van der Waals surface area (Å²) in [6.07, 6.45) is -1.11. The maximum Gasteiger partial charge on any atom is 0.433 e. The van der Waals surface area contributed by atoms with Crippen molar-refractivity contribution in [2.24, 2.45) is 5.92 Å². The molecule has 1 aliphatic rings. The lowest BCUT2D eigenvalue weighted by molar-refractivity contribution is -0.141. The van der Waals surface area contributed by atoms with Gasteiger partial charge in [0.25, 0.3) is 0 Å². The van der Waals surface area contributed by atoms with Crippen molar-refractivity contribution < 1.29 is 22.7 Å². The highest BCUT2D eigenvalue weighted by molar-refractivity contribution is 5.88. The molecule has 1 saturated heterocycles. The number of carbonyl (C=O) groups excluding carboxylic acids is 1. The largest absolute Gasteiger partial charge is 0.447 e. The lowest BCUT2D eigenvalue weighted by Crippen LogP contribution is -2.38. The second-order valence-corrected chi connectivity index (χ2v) is 8.13. The molecule has 0 spiro atoms. The number of nitrogens with one attached hydrogen (secondary N) is 1. The first-order chi connectivity index (χ1) is 16.1. The van der Waals surface area contributed by atoms with Crippen LogP contribution in [-0.4, -0.2) is 43.7 Å². The summed E-state index contributed by atoms with van der Waals surface area (Å²) in [7, 11) is 0. The van der Waals surface area contributed by atoms with Crippen LogP contribution < -0.4 is 10.2 Å². The van der Waals surface area contributed by atoms with Crippen LogP contribution in [-0.2, 0) is 10.9 Å².